The van der Waals surface area contributed by atoms with Crippen LogP contribution in [0.15, 0.2) is 42.6 Å². The van der Waals surface area contributed by atoms with Crippen LogP contribution in [0.5, 0.6) is 0 Å². The van der Waals surface area contributed by atoms with Crippen molar-refractivity contribution >= 4 is 5.91 Å². The number of hydrogen-bond acceptors (Lipinski definition) is 4. The van der Waals surface area contributed by atoms with Crippen molar-refractivity contribution in [3.63, 3.8) is 0 Å². The molecule has 2 fully saturated rings. The fourth-order valence-corrected chi connectivity index (χ4v) is 5.44. The number of halogens is 1. The number of aromatic amines is 1. The predicted molar refractivity (Wildman–Crippen MR) is 140 cm³/mol. The van der Waals surface area contributed by atoms with Crippen LogP contribution in [-0.2, 0) is 16.8 Å². The Morgan fingerprint density at radius 3 is 2.59 bits per heavy atom. The number of rotatable bonds is 7. The number of carbonyl (C=O) groups excluding carboxylic acids is 1. The van der Waals surface area contributed by atoms with Crippen LogP contribution in [0.1, 0.15) is 76.5 Å². The lowest BCUT2D eigenvalue weighted by molar-refractivity contribution is 0.0421. The van der Waals surface area contributed by atoms with Gasteiger partial charge in [-0.15, -0.1) is 0 Å². The van der Waals surface area contributed by atoms with Gasteiger partial charge in [-0.05, 0) is 60.6 Å². The SMILES string of the molecule is COCCc1ncc(-c2cc(C(=O)N3CCC(F)(c4ccc(C#N)cc4)CC3)c(C)cc2C2CCC2)[nH]1. The van der Waals surface area contributed by atoms with Crippen LogP contribution in [0.3, 0.4) is 0 Å². The number of amides is 1. The molecule has 0 unspecified atom stereocenters. The van der Waals surface area contributed by atoms with E-state index >= 15 is 4.39 Å². The molecular formula is C30H33FN4O2. The predicted octanol–water partition coefficient (Wildman–Crippen LogP) is 5.81. The first-order chi connectivity index (χ1) is 17.9. The number of nitriles is 1. The number of aromatic nitrogens is 2. The van der Waals surface area contributed by atoms with E-state index in [1.807, 2.05) is 19.2 Å². The van der Waals surface area contributed by atoms with Crippen LogP contribution in [0.4, 0.5) is 4.39 Å². The molecule has 5 rings (SSSR count). The van der Waals surface area contributed by atoms with E-state index in [0.717, 1.165) is 35.5 Å². The zero-order valence-corrected chi connectivity index (χ0v) is 21.5. The first-order valence-electron chi connectivity index (χ1n) is 13.1. The molecule has 1 saturated heterocycles. The maximum Gasteiger partial charge on any atom is 0.254 e. The molecule has 1 N–H and O–H groups in total. The second-order valence-corrected chi connectivity index (χ2v) is 10.3. The number of piperidine rings is 1. The minimum absolute atomic E-state index is 0.0556. The summed E-state index contributed by atoms with van der Waals surface area (Å²) in [6.07, 6.45) is 6.56. The smallest absolute Gasteiger partial charge is 0.254 e. The number of ether oxygens (including phenoxy) is 1. The zero-order valence-electron chi connectivity index (χ0n) is 21.5. The Balaban J connectivity index is 1.38. The molecular weight excluding hydrogens is 467 g/mol. The lowest BCUT2D eigenvalue weighted by Crippen LogP contribution is -2.43. The Morgan fingerprint density at radius 1 is 1.24 bits per heavy atom. The van der Waals surface area contributed by atoms with E-state index in [-0.39, 0.29) is 18.7 Å². The second-order valence-electron chi connectivity index (χ2n) is 10.3. The molecule has 0 bridgehead atoms. The summed E-state index contributed by atoms with van der Waals surface area (Å²) in [6.45, 7) is 3.28. The number of benzene rings is 2. The van der Waals surface area contributed by atoms with Gasteiger partial charge in [-0.25, -0.2) is 9.37 Å². The van der Waals surface area contributed by atoms with Gasteiger partial charge in [0.15, 0.2) is 0 Å². The number of nitrogens with one attached hydrogen (secondary N) is 1. The number of nitrogens with zero attached hydrogens (tertiary/aromatic N) is 3. The molecule has 6 nitrogen and oxygen atoms in total. The molecule has 2 aromatic carbocycles. The van der Waals surface area contributed by atoms with Crippen LogP contribution in [0.2, 0.25) is 0 Å². The van der Waals surface area contributed by atoms with Crippen molar-refractivity contribution in [2.45, 2.75) is 57.0 Å². The van der Waals surface area contributed by atoms with Gasteiger partial charge in [0.1, 0.15) is 11.5 Å². The maximum atomic E-state index is 15.8. The van der Waals surface area contributed by atoms with Crippen LogP contribution in [0.25, 0.3) is 11.3 Å². The number of alkyl halides is 1. The molecule has 0 radical (unpaired) electrons. The Labute approximate surface area is 217 Å². The molecule has 1 aromatic heterocycles. The van der Waals surface area contributed by atoms with Gasteiger partial charge in [0.2, 0.25) is 0 Å². The molecule has 1 aliphatic carbocycles. The summed E-state index contributed by atoms with van der Waals surface area (Å²) >= 11 is 0. The molecule has 1 saturated carbocycles. The number of methoxy groups -OCH3 is 1. The van der Waals surface area contributed by atoms with Crippen LogP contribution in [0, 0.1) is 18.3 Å². The Bertz CT molecular complexity index is 1310. The highest BCUT2D eigenvalue weighted by molar-refractivity contribution is 5.97. The van der Waals surface area contributed by atoms with Crippen molar-refractivity contribution in [1.82, 2.24) is 14.9 Å². The summed E-state index contributed by atoms with van der Waals surface area (Å²) in [7, 11) is 1.67. The fourth-order valence-electron chi connectivity index (χ4n) is 5.44. The van der Waals surface area contributed by atoms with E-state index in [4.69, 9.17) is 10.00 Å². The molecule has 7 heteroatoms. The van der Waals surface area contributed by atoms with Crippen molar-refractivity contribution in [2.75, 3.05) is 26.8 Å². The Kier molecular flexibility index (Phi) is 7.12. The van der Waals surface area contributed by atoms with Gasteiger partial charge in [-0.1, -0.05) is 24.6 Å². The van der Waals surface area contributed by atoms with Gasteiger partial charge in [0.25, 0.3) is 5.91 Å². The van der Waals surface area contributed by atoms with Crippen molar-refractivity contribution in [3.8, 4) is 17.3 Å². The van der Waals surface area contributed by atoms with E-state index in [1.54, 1.807) is 36.3 Å². The van der Waals surface area contributed by atoms with E-state index in [2.05, 4.69) is 22.1 Å². The Hall–Kier alpha value is -3.50. The zero-order chi connectivity index (χ0) is 26.0. The molecule has 1 amide bonds. The van der Waals surface area contributed by atoms with Gasteiger partial charge in [-0.2, -0.15) is 5.26 Å². The highest BCUT2D eigenvalue weighted by atomic mass is 19.1. The summed E-state index contributed by atoms with van der Waals surface area (Å²) in [4.78, 5) is 23.4. The van der Waals surface area contributed by atoms with Gasteiger partial charge in [0, 0.05) is 50.6 Å². The highest BCUT2D eigenvalue weighted by Gasteiger charge is 2.38. The van der Waals surface area contributed by atoms with E-state index < -0.39 is 5.67 Å². The second kappa shape index (κ2) is 10.5. The minimum atomic E-state index is -1.49. The van der Waals surface area contributed by atoms with Crippen molar-refractivity contribution < 1.29 is 13.9 Å². The number of aryl methyl sites for hydroxylation is 1. The van der Waals surface area contributed by atoms with Crippen LogP contribution in [-0.4, -0.2) is 47.6 Å². The third-order valence-electron chi connectivity index (χ3n) is 8.01. The first-order valence-corrected chi connectivity index (χ1v) is 13.1. The summed E-state index contributed by atoms with van der Waals surface area (Å²) in [5.74, 6) is 1.31. The Morgan fingerprint density at radius 2 is 1.97 bits per heavy atom. The molecule has 2 aliphatic rings. The minimum Gasteiger partial charge on any atom is -0.384 e. The average Bonchev–Trinajstić information content (AvgIpc) is 3.35. The molecule has 2 heterocycles. The summed E-state index contributed by atoms with van der Waals surface area (Å²) < 4.78 is 21.0. The maximum absolute atomic E-state index is 15.8. The van der Waals surface area contributed by atoms with Gasteiger partial charge in [0.05, 0.1) is 30.1 Å². The third kappa shape index (κ3) is 5.03. The summed E-state index contributed by atoms with van der Waals surface area (Å²) in [6, 6.07) is 12.9. The molecule has 3 aromatic rings. The summed E-state index contributed by atoms with van der Waals surface area (Å²) in [5.41, 5.74) is 4.44. The normalized spacial score (nSPS) is 17.3. The lowest BCUT2D eigenvalue weighted by atomic mass is 9.76. The lowest BCUT2D eigenvalue weighted by Gasteiger charge is -2.37. The van der Waals surface area contributed by atoms with E-state index in [1.165, 1.54) is 12.0 Å². The summed E-state index contributed by atoms with van der Waals surface area (Å²) in [5, 5.41) is 9.02. The van der Waals surface area contributed by atoms with E-state index in [9.17, 15) is 4.79 Å². The fraction of sp³-hybridized carbons (Fsp3) is 0.433. The van der Waals surface area contributed by atoms with Crippen LogP contribution < -0.4 is 0 Å². The quantitative estimate of drug-likeness (QED) is 0.444. The highest BCUT2D eigenvalue weighted by Crippen LogP contribution is 2.43. The molecule has 37 heavy (non-hydrogen) atoms. The van der Waals surface area contributed by atoms with Gasteiger partial charge < -0.3 is 14.6 Å². The van der Waals surface area contributed by atoms with E-state index in [0.29, 0.717) is 48.7 Å². The molecule has 0 atom stereocenters. The molecule has 0 spiro atoms. The van der Waals surface area contributed by atoms with Crippen molar-refractivity contribution in [2.24, 2.45) is 0 Å². The molecule has 192 valence electrons. The topological polar surface area (TPSA) is 82.0 Å². The van der Waals surface area contributed by atoms with Crippen molar-refractivity contribution in [3.05, 3.63) is 76.2 Å². The van der Waals surface area contributed by atoms with Crippen molar-refractivity contribution in [1.29, 1.82) is 5.26 Å². The first kappa shape index (κ1) is 25.2. The van der Waals surface area contributed by atoms with Crippen LogP contribution >= 0.6 is 0 Å². The average molecular weight is 501 g/mol. The number of likely N-dealkylation sites (tertiary alicyclic amines) is 1. The number of H-pyrrole nitrogens is 1. The number of imidazole rings is 1. The largest absolute Gasteiger partial charge is 0.384 e. The number of hydrogen-bond donors (Lipinski definition) is 1. The third-order valence-corrected chi connectivity index (χ3v) is 8.01. The van der Waals surface area contributed by atoms with Gasteiger partial charge in [-0.3, -0.25) is 4.79 Å². The van der Waals surface area contributed by atoms with Gasteiger partial charge >= 0.3 is 0 Å². The monoisotopic (exact) mass is 500 g/mol. The molecule has 1 aliphatic heterocycles. The number of carbonyl (C=O) groups is 1. The standard InChI is InChI=1S/C30H33FN4O2/c1-20-16-25(22-4-3-5-22)26(27-19-33-28(34-27)10-15-37-2)17-24(20)29(36)35-13-11-30(31,12-14-35)23-8-6-21(18-32)7-9-23/h6-9,16-17,19,22H,3-5,10-15H2,1-2H3,(H,33,34).